The minimum atomic E-state index is -0.878. The van der Waals surface area contributed by atoms with Crippen LogP contribution in [0.5, 0.6) is 0 Å². The molecule has 0 saturated carbocycles. The Morgan fingerprint density at radius 2 is 1.40 bits per heavy atom. The first-order valence-corrected chi connectivity index (χ1v) is 8.11. The smallest absolute Gasteiger partial charge is 0.317 e. The number of Topliss-reactive ketones (excluding diaryl/α,β-unsaturated/α-hetero) is 1. The van der Waals surface area contributed by atoms with Crippen molar-refractivity contribution < 1.29 is 14.7 Å². The van der Waals surface area contributed by atoms with Crippen molar-refractivity contribution >= 4 is 11.8 Å². The first-order chi connectivity index (χ1) is 9.66. The van der Waals surface area contributed by atoms with Crippen molar-refractivity contribution in [3.8, 4) is 0 Å². The fourth-order valence-corrected chi connectivity index (χ4v) is 2.18. The van der Waals surface area contributed by atoms with E-state index in [9.17, 15) is 9.59 Å². The summed E-state index contributed by atoms with van der Waals surface area (Å²) in [5.41, 5.74) is 0. The number of nitrogens with one attached hydrogen (secondary N) is 1. The highest BCUT2D eigenvalue weighted by atomic mass is 16.4. The Bertz CT molecular complexity index is 254. The Morgan fingerprint density at radius 1 is 0.850 bits per heavy atom. The molecule has 0 spiro atoms. The predicted octanol–water partition coefficient (Wildman–Crippen LogP) is 3.54. The maximum atomic E-state index is 11.5. The molecule has 0 amide bonds. The largest absolute Gasteiger partial charge is 0.480 e. The predicted molar refractivity (Wildman–Crippen MR) is 82.0 cm³/mol. The number of hydrogen-bond acceptors (Lipinski definition) is 3. The summed E-state index contributed by atoms with van der Waals surface area (Å²) in [7, 11) is 0. The normalized spacial score (nSPS) is 10.7. The molecule has 0 aromatic carbocycles. The van der Waals surface area contributed by atoms with Gasteiger partial charge in [0.25, 0.3) is 0 Å². The van der Waals surface area contributed by atoms with Gasteiger partial charge in [0.15, 0.2) is 0 Å². The van der Waals surface area contributed by atoms with Crippen LogP contribution < -0.4 is 5.32 Å². The van der Waals surface area contributed by atoms with Gasteiger partial charge in [0.2, 0.25) is 0 Å². The zero-order chi connectivity index (χ0) is 15.1. The van der Waals surface area contributed by atoms with Gasteiger partial charge in [0, 0.05) is 19.4 Å². The fraction of sp³-hybridized carbons (Fsp3) is 0.875. The van der Waals surface area contributed by atoms with Gasteiger partial charge in [-0.3, -0.25) is 9.59 Å². The molecule has 0 saturated heterocycles. The van der Waals surface area contributed by atoms with Gasteiger partial charge in [-0.05, 0) is 6.42 Å². The van der Waals surface area contributed by atoms with Gasteiger partial charge in [0.05, 0.1) is 6.54 Å². The number of unbranched alkanes of at least 4 members (excludes halogenated alkanes) is 8. The SMILES string of the molecule is CCCCCCCCCCCC(=O)CCNCC(=O)O. The summed E-state index contributed by atoms with van der Waals surface area (Å²) in [6, 6.07) is 0. The molecule has 0 heterocycles. The second-order valence-electron chi connectivity index (χ2n) is 5.44. The lowest BCUT2D eigenvalue weighted by Gasteiger charge is -2.03. The van der Waals surface area contributed by atoms with Crippen LogP contribution in [-0.4, -0.2) is 29.9 Å². The molecule has 0 unspecified atom stereocenters. The zero-order valence-electron chi connectivity index (χ0n) is 13.0. The molecule has 0 aromatic rings. The van der Waals surface area contributed by atoms with Crippen molar-refractivity contribution in [2.75, 3.05) is 13.1 Å². The number of hydrogen-bond donors (Lipinski definition) is 2. The molecule has 0 radical (unpaired) electrons. The van der Waals surface area contributed by atoms with E-state index in [1.807, 2.05) is 0 Å². The standard InChI is InChI=1S/C16H31NO3/c1-2-3-4-5-6-7-8-9-10-11-15(18)12-13-17-14-16(19)20/h17H,2-14H2,1H3,(H,19,20). The van der Waals surface area contributed by atoms with Gasteiger partial charge in [-0.2, -0.15) is 0 Å². The summed E-state index contributed by atoms with van der Waals surface area (Å²) in [6.07, 6.45) is 12.4. The van der Waals surface area contributed by atoms with Gasteiger partial charge in [-0.15, -0.1) is 0 Å². The van der Waals surface area contributed by atoms with Crippen LogP contribution in [0.25, 0.3) is 0 Å². The Morgan fingerprint density at radius 3 is 1.95 bits per heavy atom. The lowest BCUT2D eigenvalue weighted by molar-refractivity contribution is -0.136. The summed E-state index contributed by atoms with van der Waals surface area (Å²) in [5, 5.41) is 11.2. The number of carbonyl (C=O) groups excluding carboxylic acids is 1. The zero-order valence-corrected chi connectivity index (χ0v) is 13.0. The molecule has 0 rings (SSSR count). The molecule has 0 fully saturated rings. The topological polar surface area (TPSA) is 66.4 Å². The van der Waals surface area contributed by atoms with Crippen molar-refractivity contribution in [2.45, 2.75) is 77.6 Å². The molecule has 4 heteroatoms. The lowest BCUT2D eigenvalue weighted by atomic mass is 10.0. The van der Waals surface area contributed by atoms with Crippen LogP contribution in [0, 0.1) is 0 Å². The van der Waals surface area contributed by atoms with Gasteiger partial charge >= 0.3 is 5.97 Å². The average Bonchev–Trinajstić information content (AvgIpc) is 2.41. The molecule has 0 aliphatic carbocycles. The first kappa shape index (κ1) is 19.1. The van der Waals surface area contributed by atoms with Crippen molar-refractivity contribution in [3.63, 3.8) is 0 Å². The molecule has 0 aromatic heterocycles. The van der Waals surface area contributed by atoms with E-state index in [0.29, 0.717) is 19.4 Å². The molecule has 0 atom stereocenters. The van der Waals surface area contributed by atoms with Crippen LogP contribution in [0.15, 0.2) is 0 Å². The molecule has 4 nitrogen and oxygen atoms in total. The van der Waals surface area contributed by atoms with E-state index in [2.05, 4.69) is 12.2 Å². The van der Waals surface area contributed by atoms with E-state index < -0.39 is 5.97 Å². The number of carboxylic acid groups (broad SMARTS) is 1. The van der Waals surface area contributed by atoms with Crippen LogP contribution in [0.2, 0.25) is 0 Å². The molecule has 0 bridgehead atoms. The van der Waals surface area contributed by atoms with E-state index in [4.69, 9.17) is 5.11 Å². The van der Waals surface area contributed by atoms with Crippen LogP contribution >= 0.6 is 0 Å². The third kappa shape index (κ3) is 15.2. The number of carbonyl (C=O) groups is 2. The van der Waals surface area contributed by atoms with E-state index in [1.54, 1.807) is 0 Å². The van der Waals surface area contributed by atoms with Crippen LogP contribution in [-0.2, 0) is 9.59 Å². The Kier molecular flexibility index (Phi) is 13.9. The molecular weight excluding hydrogens is 254 g/mol. The minimum Gasteiger partial charge on any atom is -0.480 e. The number of carboxylic acids is 1. The molecule has 118 valence electrons. The fourth-order valence-electron chi connectivity index (χ4n) is 2.18. The van der Waals surface area contributed by atoms with Crippen molar-refractivity contribution in [2.24, 2.45) is 0 Å². The Labute approximate surface area is 123 Å². The van der Waals surface area contributed by atoms with E-state index >= 15 is 0 Å². The van der Waals surface area contributed by atoms with Crippen LogP contribution in [0.3, 0.4) is 0 Å². The molecule has 20 heavy (non-hydrogen) atoms. The van der Waals surface area contributed by atoms with Gasteiger partial charge in [0.1, 0.15) is 5.78 Å². The van der Waals surface area contributed by atoms with E-state index in [-0.39, 0.29) is 12.3 Å². The molecule has 0 aliphatic heterocycles. The van der Waals surface area contributed by atoms with Crippen LogP contribution in [0.1, 0.15) is 77.6 Å². The van der Waals surface area contributed by atoms with Crippen molar-refractivity contribution in [1.29, 1.82) is 0 Å². The molecule has 0 aliphatic rings. The summed E-state index contributed by atoms with van der Waals surface area (Å²) in [6.45, 7) is 2.64. The van der Waals surface area contributed by atoms with Crippen molar-refractivity contribution in [1.82, 2.24) is 5.32 Å². The van der Waals surface area contributed by atoms with Gasteiger partial charge in [-0.25, -0.2) is 0 Å². The Hall–Kier alpha value is -0.900. The number of rotatable bonds is 15. The average molecular weight is 285 g/mol. The second kappa shape index (κ2) is 14.5. The Balaban J connectivity index is 3.17. The van der Waals surface area contributed by atoms with E-state index in [1.165, 1.54) is 44.9 Å². The van der Waals surface area contributed by atoms with Gasteiger partial charge < -0.3 is 10.4 Å². The molecular formula is C16H31NO3. The van der Waals surface area contributed by atoms with E-state index in [0.717, 1.165) is 12.8 Å². The summed E-state index contributed by atoms with van der Waals surface area (Å²) in [5.74, 6) is -0.637. The minimum absolute atomic E-state index is 0.0642. The molecule has 2 N–H and O–H groups in total. The second-order valence-corrected chi connectivity index (χ2v) is 5.44. The third-order valence-corrected chi connectivity index (χ3v) is 3.42. The maximum absolute atomic E-state index is 11.5. The summed E-state index contributed by atoms with van der Waals surface area (Å²) in [4.78, 5) is 21.8. The summed E-state index contributed by atoms with van der Waals surface area (Å²) >= 11 is 0. The van der Waals surface area contributed by atoms with Crippen molar-refractivity contribution in [3.05, 3.63) is 0 Å². The maximum Gasteiger partial charge on any atom is 0.317 e. The number of aliphatic carboxylic acids is 1. The van der Waals surface area contributed by atoms with Gasteiger partial charge in [-0.1, -0.05) is 58.3 Å². The monoisotopic (exact) mass is 285 g/mol. The highest BCUT2D eigenvalue weighted by Crippen LogP contribution is 2.10. The quantitative estimate of drug-likeness (QED) is 0.452. The lowest BCUT2D eigenvalue weighted by Crippen LogP contribution is -2.24. The van der Waals surface area contributed by atoms with Crippen LogP contribution in [0.4, 0.5) is 0 Å². The number of ketones is 1. The third-order valence-electron chi connectivity index (χ3n) is 3.42. The summed E-state index contributed by atoms with van der Waals surface area (Å²) < 4.78 is 0. The first-order valence-electron chi connectivity index (χ1n) is 8.11. The highest BCUT2D eigenvalue weighted by Gasteiger charge is 2.02. The highest BCUT2D eigenvalue weighted by molar-refractivity contribution is 5.78.